The van der Waals surface area contributed by atoms with E-state index < -0.39 is 0 Å². The molecule has 2 aromatic carbocycles. The highest BCUT2D eigenvalue weighted by molar-refractivity contribution is 6.06. The third-order valence-corrected chi connectivity index (χ3v) is 6.93. The normalized spacial score (nSPS) is 21.6. The van der Waals surface area contributed by atoms with Gasteiger partial charge in [-0.25, -0.2) is 10.9 Å². The molecule has 3 aliphatic rings. The molecule has 2 aliphatic heterocycles. The van der Waals surface area contributed by atoms with E-state index >= 15 is 0 Å². The lowest BCUT2D eigenvalue weighted by Gasteiger charge is -2.19. The minimum absolute atomic E-state index is 0.00484. The number of carbonyl (C=O) groups excluding carboxylic acids is 2. The number of carbonyl (C=O) groups is 2. The van der Waals surface area contributed by atoms with Crippen molar-refractivity contribution < 1.29 is 9.59 Å². The molecule has 192 valence electrons. The first kappa shape index (κ1) is 26.3. The zero-order valence-electron chi connectivity index (χ0n) is 22.0. The van der Waals surface area contributed by atoms with Gasteiger partial charge in [-0.15, -0.1) is 0 Å². The minimum atomic E-state index is -0.00761. The summed E-state index contributed by atoms with van der Waals surface area (Å²) in [7, 11) is 0. The lowest BCUT2D eigenvalue weighted by Crippen LogP contribution is -2.31. The van der Waals surface area contributed by atoms with Crippen LogP contribution in [0.15, 0.2) is 70.9 Å². The van der Waals surface area contributed by atoms with Crippen LogP contribution in [0.5, 0.6) is 0 Å². The summed E-state index contributed by atoms with van der Waals surface area (Å²) in [6.45, 7) is 6.07. The van der Waals surface area contributed by atoms with Crippen molar-refractivity contribution in [2.45, 2.75) is 59.3 Å². The molecular weight excluding hydrogens is 460 g/mol. The number of benzene rings is 2. The van der Waals surface area contributed by atoms with Gasteiger partial charge in [0.2, 0.25) is 11.8 Å². The van der Waals surface area contributed by atoms with E-state index in [2.05, 4.69) is 76.5 Å². The van der Waals surface area contributed by atoms with Gasteiger partial charge in [-0.1, -0.05) is 80.6 Å². The number of nitrogens with one attached hydrogen (secondary N) is 2. The minimum Gasteiger partial charge on any atom is -0.273 e. The number of hydrazone groups is 2. The van der Waals surface area contributed by atoms with Crippen LogP contribution in [0.25, 0.3) is 11.6 Å². The van der Waals surface area contributed by atoms with Gasteiger partial charge in [0.15, 0.2) is 0 Å². The second kappa shape index (κ2) is 12.4. The van der Waals surface area contributed by atoms with Crippen LogP contribution in [0.2, 0.25) is 0 Å². The average Bonchev–Trinajstić information content (AvgIpc) is 2.91. The number of nitrogens with zero attached hydrogens (tertiary/aromatic N) is 2. The van der Waals surface area contributed by atoms with Gasteiger partial charge in [0.1, 0.15) is 0 Å². The zero-order chi connectivity index (χ0) is 26.2. The summed E-state index contributed by atoms with van der Waals surface area (Å²) in [5.74, 6) is 0.358. The van der Waals surface area contributed by atoms with Crippen LogP contribution in [0.1, 0.15) is 81.5 Å². The van der Waals surface area contributed by atoms with Gasteiger partial charge in [0.05, 0.1) is 11.4 Å². The number of allylic oxidation sites excluding steroid dienone is 3. The average molecular weight is 497 g/mol. The fourth-order valence-corrected chi connectivity index (χ4v) is 4.92. The highest BCUT2D eigenvalue weighted by atomic mass is 16.2. The molecule has 0 bridgehead atoms. The predicted octanol–water partition coefficient (Wildman–Crippen LogP) is 6.08. The first-order chi connectivity index (χ1) is 17.9. The van der Waals surface area contributed by atoms with E-state index in [4.69, 9.17) is 0 Å². The van der Waals surface area contributed by atoms with Gasteiger partial charge in [0.25, 0.3) is 0 Å². The molecular formula is C31H36N4O2. The van der Waals surface area contributed by atoms with Crippen LogP contribution in [0.3, 0.4) is 0 Å². The van der Waals surface area contributed by atoms with E-state index in [0.29, 0.717) is 12.8 Å². The maximum Gasteiger partial charge on any atom is 0.240 e. The third-order valence-electron chi connectivity index (χ3n) is 6.93. The largest absolute Gasteiger partial charge is 0.273 e. The Morgan fingerprint density at radius 2 is 1.27 bits per heavy atom. The van der Waals surface area contributed by atoms with E-state index in [1.54, 1.807) is 0 Å². The summed E-state index contributed by atoms with van der Waals surface area (Å²) in [5, 5.41) is 8.34. The van der Waals surface area contributed by atoms with Crippen molar-refractivity contribution in [2.24, 2.45) is 22.0 Å². The van der Waals surface area contributed by atoms with E-state index in [-0.39, 0.29) is 23.7 Å². The number of hydrogen-bond acceptors (Lipinski definition) is 4. The molecule has 0 radical (unpaired) electrons. The van der Waals surface area contributed by atoms with Gasteiger partial charge in [-0.2, -0.15) is 10.2 Å². The quantitative estimate of drug-likeness (QED) is 0.537. The fraction of sp³-hybridized carbons (Fsp3) is 0.355. The topological polar surface area (TPSA) is 82.9 Å². The lowest BCUT2D eigenvalue weighted by molar-refractivity contribution is -0.122. The molecule has 2 N–H and O–H groups in total. The van der Waals surface area contributed by atoms with E-state index in [9.17, 15) is 9.59 Å². The Balaban J connectivity index is 0.000000176. The van der Waals surface area contributed by atoms with Gasteiger partial charge in [0, 0.05) is 24.7 Å². The van der Waals surface area contributed by atoms with E-state index in [0.717, 1.165) is 22.6 Å². The molecule has 0 fully saturated rings. The Bertz CT molecular complexity index is 1240. The van der Waals surface area contributed by atoms with Crippen molar-refractivity contribution in [1.82, 2.24) is 10.9 Å². The summed E-state index contributed by atoms with van der Waals surface area (Å²) in [6.07, 6.45) is 12.5. The van der Waals surface area contributed by atoms with Crippen molar-refractivity contribution in [3.05, 3.63) is 82.9 Å². The van der Waals surface area contributed by atoms with Gasteiger partial charge in [-0.05, 0) is 60.4 Å². The molecule has 37 heavy (non-hydrogen) atoms. The third kappa shape index (κ3) is 6.91. The fourth-order valence-electron chi connectivity index (χ4n) is 4.92. The smallest absolute Gasteiger partial charge is 0.240 e. The summed E-state index contributed by atoms with van der Waals surface area (Å²) >= 11 is 0. The standard InChI is InChI=1S/C17H20N2O.C14H16N2O/c1-12-11-16(20)18-19-17(12)15-9-7-14(8-10-15)13-5-3-2-4-6-13;1-3-4-11-5-7-12(8-6-11)14-10(2)9-13(17)15-16-14/h5,7-10,12H,2-4,6,11H2,1H3,(H,18,20);3-8,10H,9H2,1-2H3,(H,15,17)/b;4-3+. The molecule has 2 unspecified atom stereocenters. The highest BCUT2D eigenvalue weighted by Crippen LogP contribution is 2.27. The molecule has 6 heteroatoms. The molecule has 5 rings (SSSR count). The zero-order valence-corrected chi connectivity index (χ0v) is 22.0. The Morgan fingerprint density at radius 1 is 0.757 bits per heavy atom. The van der Waals surface area contributed by atoms with Crippen molar-refractivity contribution in [3.63, 3.8) is 0 Å². The van der Waals surface area contributed by atoms with Gasteiger partial charge in [-0.3, -0.25) is 9.59 Å². The van der Waals surface area contributed by atoms with E-state index in [1.807, 2.05) is 32.1 Å². The number of amides is 2. The first-order valence-corrected chi connectivity index (χ1v) is 13.2. The highest BCUT2D eigenvalue weighted by Gasteiger charge is 2.22. The Morgan fingerprint density at radius 3 is 1.73 bits per heavy atom. The van der Waals surface area contributed by atoms with Crippen molar-refractivity contribution >= 4 is 34.9 Å². The second-order valence-electron chi connectivity index (χ2n) is 9.95. The summed E-state index contributed by atoms with van der Waals surface area (Å²) in [6, 6.07) is 16.8. The Hall–Kier alpha value is -3.80. The van der Waals surface area contributed by atoms with Crippen molar-refractivity contribution in [1.29, 1.82) is 0 Å². The molecule has 0 saturated heterocycles. The molecule has 2 aromatic rings. The Labute approximate surface area is 219 Å². The van der Waals surface area contributed by atoms with Crippen LogP contribution >= 0.6 is 0 Å². The monoisotopic (exact) mass is 496 g/mol. The molecule has 0 spiro atoms. The molecule has 1 aliphatic carbocycles. The molecule has 6 nitrogen and oxygen atoms in total. The van der Waals surface area contributed by atoms with Crippen molar-refractivity contribution in [2.75, 3.05) is 0 Å². The van der Waals surface area contributed by atoms with Crippen LogP contribution in [-0.4, -0.2) is 23.2 Å². The Kier molecular flexibility index (Phi) is 8.83. The van der Waals surface area contributed by atoms with E-state index in [1.165, 1.54) is 42.4 Å². The molecule has 2 heterocycles. The van der Waals surface area contributed by atoms with Crippen LogP contribution in [-0.2, 0) is 9.59 Å². The summed E-state index contributed by atoms with van der Waals surface area (Å²) in [5.41, 5.74) is 13.2. The summed E-state index contributed by atoms with van der Waals surface area (Å²) < 4.78 is 0. The number of rotatable bonds is 4. The van der Waals surface area contributed by atoms with Gasteiger partial charge < -0.3 is 0 Å². The summed E-state index contributed by atoms with van der Waals surface area (Å²) in [4.78, 5) is 22.4. The number of hydrogen-bond donors (Lipinski definition) is 2. The molecule has 0 saturated carbocycles. The first-order valence-electron chi connectivity index (χ1n) is 13.2. The SMILES string of the molecule is C/C=C/c1ccc(C2=NNC(=O)CC2C)cc1.CC1CC(=O)NN=C1c1ccc(C2=CCCCC2)cc1. The molecule has 0 aromatic heterocycles. The van der Waals surface area contributed by atoms with Crippen LogP contribution in [0, 0.1) is 11.8 Å². The van der Waals surface area contributed by atoms with Gasteiger partial charge >= 0.3 is 0 Å². The maximum absolute atomic E-state index is 11.3. The maximum atomic E-state index is 11.3. The van der Waals surface area contributed by atoms with Crippen LogP contribution < -0.4 is 10.9 Å². The predicted molar refractivity (Wildman–Crippen MR) is 151 cm³/mol. The van der Waals surface area contributed by atoms with Crippen molar-refractivity contribution in [3.8, 4) is 0 Å². The van der Waals surface area contributed by atoms with Crippen LogP contribution in [0.4, 0.5) is 0 Å². The molecule has 2 amide bonds. The molecule has 2 atom stereocenters. The lowest BCUT2D eigenvalue weighted by atomic mass is 9.90. The second-order valence-corrected chi connectivity index (χ2v) is 9.95.